The van der Waals surface area contributed by atoms with Crippen molar-refractivity contribution < 1.29 is 24.5 Å². The Labute approximate surface area is 388 Å². The molecule has 0 heterocycles. The van der Waals surface area contributed by atoms with E-state index in [4.69, 9.17) is 4.74 Å². The van der Waals surface area contributed by atoms with Gasteiger partial charge in [0.2, 0.25) is 5.91 Å². The maximum atomic E-state index is 13.2. The van der Waals surface area contributed by atoms with Crippen LogP contribution in [-0.2, 0) is 14.3 Å². The number of unbranched alkanes of at least 4 members (excludes halogenated alkanes) is 20. The third-order valence-electron chi connectivity index (χ3n) is 11.2. The van der Waals surface area contributed by atoms with Crippen LogP contribution in [0, 0.1) is 0 Å². The Morgan fingerprint density at radius 2 is 0.937 bits per heavy atom. The van der Waals surface area contributed by atoms with E-state index >= 15 is 0 Å². The molecule has 0 aliphatic carbocycles. The Kier molecular flexibility index (Phi) is 47.2. The van der Waals surface area contributed by atoms with Crippen LogP contribution in [0.15, 0.2) is 97.2 Å². The first-order chi connectivity index (χ1) is 31.0. The summed E-state index contributed by atoms with van der Waals surface area (Å²) in [6.45, 7) is 6.30. The molecule has 0 bridgehead atoms. The molecule has 0 saturated heterocycles. The smallest absolute Gasteiger partial charge is 0.306 e. The molecule has 0 aromatic carbocycles. The van der Waals surface area contributed by atoms with Gasteiger partial charge in [-0.1, -0.05) is 234 Å². The summed E-state index contributed by atoms with van der Waals surface area (Å²) in [5.74, 6) is -0.609. The van der Waals surface area contributed by atoms with E-state index in [0.29, 0.717) is 19.3 Å². The Morgan fingerprint density at radius 3 is 1.41 bits per heavy atom. The highest BCUT2D eigenvalue weighted by molar-refractivity contribution is 5.77. The molecule has 0 spiro atoms. The second-order valence-corrected chi connectivity index (χ2v) is 17.3. The van der Waals surface area contributed by atoms with Crippen molar-refractivity contribution in [1.29, 1.82) is 0 Å². The van der Waals surface area contributed by atoms with E-state index < -0.39 is 18.2 Å². The maximum Gasteiger partial charge on any atom is 0.306 e. The van der Waals surface area contributed by atoms with E-state index in [1.54, 1.807) is 0 Å². The lowest BCUT2D eigenvalue weighted by molar-refractivity contribution is -0.150. The summed E-state index contributed by atoms with van der Waals surface area (Å²) in [4.78, 5) is 26.1. The van der Waals surface area contributed by atoms with Gasteiger partial charge in [0, 0.05) is 12.8 Å². The van der Waals surface area contributed by atoms with E-state index in [0.717, 1.165) is 96.3 Å². The molecule has 0 aliphatic rings. The molecule has 3 N–H and O–H groups in total. The SMILES string of the molecule is CC/C=C\C/C=C\C/C=C\C/C=C\C/C=C\CC(CC(=O)NC(CO)C(O)CCCCCCCCCCCCC)OC(=O)CCCCCCC/C=C/C=C/C=C/CCCCCCC. The summed E-state index contributed by atoms with van der Waals surface area (Å²) in [5.41, 5.74) is 0. The maximum absolute atomic E-state index is 13.2. The Hall–Kier alpha value is -3.22. The van der Waals surface area contributed by atoms with E-state index in [9.17, 15) is 19.8 Å². The predicted octanol–water partition coefficient (Wildman–Crippen LogP) is 15.7. The quantitative estimate of drug-likeness (QED) is 0.0245. The predicted molar refractivity (Wildman–Crippen MR) is 273 cm³/mol. The van der Waals surface area contributed by atoms with Gasteiger partial charge in [-0.05, 0) is 70.6 Å². The lowest BCUT2D eigenvalue weighted by Crippen LogP contribution is -2.46. The number of aliphatic hydroxyl groups excluding tert-OH is 2. The van der Waals surface area contributed by atoms with Crippen LogP contribution in [0.25, 0.3) is 0 Å². The van der Waals surface area contributed by atoms with Gasteiger partial charge in [0.15, 0.2) is 0 Å². The second kappa shape index (κ2) is 49.8. The van der Waals surface area contributed by atoms with E-state index in [1.165, 1.54) is 83.5 Å². The molecule has 6 nitrogen and oxygen atoms in total. The van der Waals surface area contributed by atoms with Crippen LogP contribution in [0.2, 0.25) is 0 Å². The minimum Gasteiger partial charge on any atom is -0.461 e. The van der Waals surface area contributed by atoms with Crippen molar-refractivity contribution in [2.75, 3.05) is 6.61 Å². The van der Waals surface area contributed by atoms with Gasteiger partial charge in [-0.15, -0.1) is 0 Å². The number of hydrogen-bond acceptors (Lipinski definition) is 5. The standard InChI is InChI=1S/C57H97NO5/c1-4-7-10-13-16-19-22-24-26-27-28-30-32-35-38-41-44-47-50-57(62)63-53(48-45-42-39-36-34-31-29-25-23-20-17-14-11-8-5-2)51-56(61)58-54(52-59)55(60)49-46-43-40-37-33-21-18-15-12-9-6-3/h8,11,17,20,22,24-30,34,36,42,45,53-55,59-60H,4-7,9-10,12-16,18-19,21,23,31-33,35,37-41,43-44,46-52H2,1-3H3,(H,58,61)/b11-8-,20-17-,24-22+,27-26+,29-25-,30-28+,36-34-,45-42-. The average Bonchev–Trinajstić information content (AvgIpc) is 3.28. The van der Waals surface area contributed by atoms with Gasteiger partial charge in [0.05, 0.1) is 25.2 Å². The zero-order valence-electron chi connectivity index (χ0n) is 40.9. The number of nitrogens with one attached hydrogen (secondary N) is 1. The molecule has 0 rings (SSSR count). The molecular formula is C57H97NO5. The van der Waals surface area contributed by atoms with E-state index in [2.05, 4.69) is 111 Å². The second-order valence-electron chi connectivity index (χ2n) is 17.3. The fourth-order valence-electron chi connectivity index (χ4n) is 7.28. The minimum absolute atomic E-state index is 0.0141. The van der Waals surface area contributed by atoms with Crippen molar-refractivity contribution >= 4 is 11.9 Å². The monoisotopic (exact) mass is 876 g/mol. The van der Waals surface area contributed by atoms with E-state index in [1.807, 2.05) is 12.2 Å². The Balaban J connectivity index is 4.77. The normalized spacial score (nSPS) is 14.0. The molecule has 0 saturated carbocycles. The summed E-state index contributed by atoms with van der Waals surface area (Å²) in [5, 5.41) is 23.7. The summed E-state index contributed by atoms with van der Waals surface area (Å²) in [7, 11) is 0. The molecule has 63 heavy (non-hydrogen) atoms. The molecule has 0 radical (unpaired) electrons. The van der Waals surface area contributed by atoms with Gasteiger partial charge >= 0.3 is 5.97 Å². The molecule has 3 unspecified atom stereocenters. The number of carbonyl (C=O) groups excluding carboxylic acids is 2. The number of aliphatic hydroxyl groups is 2. The fourth-order valence-corrected chi connectivity index (χ4v) is 7.28. The van der Waals surface area contributed by atoms with Gasteiger partial charge in [-0.25, -0.2) is 0 Å². The van der Waals surface area contributed by atoms with Crippen molar-refractivity contribution in [3.63, 3.8) is 0 Å². The van der Waals surface area contributed by atoms with Gasteiger partial charge < -0.3 is 20.3 Å². The number of rotatable bonds is 45. The van der Waals surface area contributed by atoms with Crippen LogP contribution >= 0.6 is 0 Å². The summed E-state index contributed by atoms with van der Waals surface area (Å²) >= 11 is 0. The molecule has 0 aromatic rings. The molecule has 0 aliphatic heterocycles. The van der Waals surface area contributed by atoms with Crippen molar-refractivity contribution in [2.24, 2.45) is 0 Å². The number of ether oxygens (including phenoxy) is 1. The van der Waals surface area contributed by atoms with Crippen LogP contribution in [0.5, 0.6) is 0 Å². The third-order valence-corrected chi connectivity index (χ3v) is 11.2. The van der Waals surface area contributed by atoms with Crippen LogP contribution in [0.4, 0.5) is 0 Å². The van der Waals surface area contributed by atoms with Gasteiger partial charge in [-0.2, -0.15) is 0 Å². The van der Waals surface area contributed by atoms with Gasteiger partial charge in [-0.3, -0.25) is 9.59 Å². The topological polar surface area (TPSA) is 95.9 Å². The molecular weight excluding hydrogens is 779 g/mol. The molecule has 3 atom stereocenters. The van der Waals surface area contributed by atoms with Crippen LogP contribution < -0.4 is 5.32 Å². The largest absolute Gasteiger partial charge is 0.461 e. The zero-order valence-corrected chi connectivity index (χ0v) is 40.9. The lowest BCUT2D eigenvalue weighted by atomic mass is 10.0. The van der Waals surface area contributed by atoms with Crippen molar-refractivity contribution in [1.82, 2.24) is 5.32 Å². The average molecular weight is 876 g/mol. The van der Waals surface area contributed by atoms with Crippen LogP contribution in [0.1, 0.15) is 226 Å². The first-order valence-corrected chi connectivity index (χ1v) is 26.0. The Bertz CT molecular complexity index is 1260. The number of carbonyl (C=O) groups is 2. The fraction of sp³-hybridized carbons (Fsp3) is 0.684. The lowest BCUT2D eigenvalue weighted by Gasteiger charge is -2.24. The summed E-state index contributed by atoms with van der Waals surface area (Å²) in [6, 6.07) is -0.741. The minimum atomic E-state index is -0.820. The first kappa shape index (κ1) is 59.8. The molecule has 0 fully saturated rings. The molecule has 6 heteroatoms. The first-order valence-electron chi connectivity index (χ1n) is 26.0. The third kappa shape index (κ3) is 45.2. The number of allylic oxidation sites excluding steroid dienone is 15. The van der Waals surface area contributed by atoms with Crippen LogP contribution in [0.3, 0.4) is 0 Å². The zero-order chi connectivity index (χ0) is 45.9. The Morgan fingerprint density at radius 1 is 0.508 bits per heavy atom. The number of hydrogen-bond donors (Lipinski definition) is 3. The molecule has 360 valence electrons. The van der Waals surface area contributed by atoms with Crippen molar-refractivity contribution in [3.05, 3.63) is 97.2 Å². The van der Waals surface area contributed by atoms with Crippen molar-refractivity contribution in [2.45, 2.75) is 244 Å². The number of amides is 1. The highest BCUT2D eigenvalue weighted by atomic mass is 16.5. The highest BCUT2D eigenvalue weighted by Crippen LogP contribution is 2.16. The van der Waals surface area contributed by atoms with Crippen LogP contribution in [-0.4, -0.2) is 46.9 Å². The molecule has 1 amide bonds. The van der Waals surface area contributed by atoms with Crippen molar-refractivity contribution in [3.8, 4) is 0 Å². The summed E-state index contributed by atoms with van der Waals surface area (Å²) in [6.07, 6.45) is 66.2. The van der Waals surface area contributed by atoms with Gasteiger partial charge in [0.1, 0.15) is 6.10 Å². The van der Waals surface area contributed by atoms with E-state index in [-0.39, 0.29) is 24.9 Å². The highest BCUT2D eigenvalue weighted by Gasteiger charge is 2.23. The number of esters is 1. The molecule has 0 aromatic heterocycles. The summed E-state index contributed by atoms with van der Waals surface area (Å²) < 4.78 is 5.86. The van der Waals surface area contributed by atoms with Gasteiger partial charge in [0.25, 0.3) is 0 Å².